The lowest BCUT2D eigenvalue weighted by atomic mass is 10.1. The van der Waals surface area contributed by atoms with Gasteiger partial charge in [-0.3, -0.25) is 4.79 Å². The SMILES string of the molecule is O=C(Nc1cccc(N2CCOCC2)c1)c1ccc2nc[nH]c2c1. The van der Waals surface area contributed by atoms with E-state index >= 15 is 0 Å². The van der Waals surface area contributed by atoms with Crippen LogP contribution >= 0.6 is 0 Å². The average Bonchev–Trinajstić information content (AvgIpc) is 3.10. The number of nitrogens with one attached hydrogen (secondary N) is 2. The van der Waals surface area contributed by atoms with E-state index in [9.17, 15) is 4.79 Å². The van der Waals surface area contributed by atoms with E-state index in [2.05, 4.69) is 26.3 Å². The van der Waals surface area contributed by atoms with E-state index in [1.165, 1.54) is 0 Å². The number of benzene rings is 2. The summed E-state index contributed by atoms with van der Waals surface area (Å²) in [5.41, 5.74) is 4.18. The van der Waals surface area contributed by atoms with Crippen molar-refractivity contribution in [2.45, 2.75) is 0 Å². The fraction of sp³-hybridized carbons (Fsp3) is 0.222. The van der Waals surface area contributed by atoms with Crippen LogP contribution in [0.1, 0.15) is 10.4 Å². The third-order valence-corrected chi connectivity index (χ3v) is 4.16. The van der Waals surface area contributed by atoms with Gasteiger partial charge in [0.2, 0.25) is 0 Å². The number of amides is 1. The normalized spacial score (nSPS) is 14.8. The van der Waals surface area contributed by atoms with Crippen LogP contribution in [0.5, 0.6) is 0 Å². The summed E-state index contributed by atoms with van der Waals surface area (Å²) in [5.74, 6) is -0.134. The topological polar surface area (TPSA) is 70.2 Å². The van der Waals surface area contributed by atoms with Crippen molar-refractivity contribution in [3.05, 3.63) is 54.4 Å². The molecule has 122 valence electrons. The molecule has 0 atom stereocenters. The molecule has 0 bridgehead atoms. The van der Waals surface area contributed by atoms with Crippen molar-refractivity contribution in [3.63, 3.8) is 0 Å². The fourth-order valence-electron chi connectivity index (χ4n) is 2.88. The molecule has 4 rings (SSSR count). The van der Waals surface area contributed by atoms with Crippen molar-refractivity contribution in [1.82, 2.24) is 9.97 Å². The number of imidazole rings is 1. The summed E-state index contributed by atoms with van der Waals surface area (Å²) in [6.07, 6.45) is 1.62. The molecule has 0 radical (unpaired) electrons. The summed E-state index contributed by atoms with van der Waals surface area (Å²) < 4.78 is 5.38. The highest BCUT2D eigenvalue weighted by molar-refractivity contribution is 6.06. The number of hydrogen-bond acceptors (Lipinski definition) is 4. The highest BCUT2D eigenvalue weighted by Gasteiger charge is 2.13. The first-order valence-electron chi connectivity index (χ1n) is 7.97. The molecule has 1 fully saturated rings. The minimum absolute atomic E-state index is 0.134. The molecule has 0 aliphatic carbocycles. The molecule has 3 aromatic rings. The Kier molecular flexibility index (Phi) is 3.88. The van der Waals surface area contributed by atoms with Crippen molar-refractivity contribution in [3.8, 4) is 0 Å². The molecule has 2 N–H and O–H groups in total. The number of carbonyl (C=O) groups excluding carboxylic acids is 1. The third kappa shape index (κ3) is 2.96. The molecular formula is C18H18N4O2. The zero-order valence-corrected chi connectivity index (χ0v) is 13.2. The summed E-state index contributed by atoms with van der Waals surface area (Å²) in [4.78, 5) is 21.9. The van der Waals surface area contributed by atoms with Gasteiger partial charge in [-0.05, 0) is 36.4 Å². The van der Waals surface area contributed by atoms with Gasteiger partial charge in [0.05, 0.1) is 30.6 Å². The van der Waals surface area contributed by atoms with Gasteiger partial charge < -0.3 is 19.9 Å². The summed E-state index contributed by atoms with van der Waals surface area (Å²) in [6, 6.07) is 13.3. The molecule has 2 heterocycles. The Morgan fingerprint density at radius 1 is 1.17 bits per heavy atom. The number of aromatic nitrogens is 2. The quantitative estimate of drug-likeness (QED) is 0.778. The fourth-order valence-corrected chi connectivity index (χ4v) is 2.88. The standard InChI is InChI=1S/C18H18N4O2/c23-18(13-4-5-16-17(10-13)20-12-19-16)21-14-2-1-3-15(11-14)22-6-8-24-9-7-22/h1-5,10-12H,6-9H2,(H,19,20)(H,21,23). The van der Waals surface area contributed by atoms with Gasteiger partial charge in [-0.25, -0.2) is 4.98 Å². The van der Waals surface area contributed by atoms with Crippen LogP contribution in [0.4, 0.5) is 11.4 Å². The van der Waals surface area contributed by atoms with Crippen molar-refractivity contribution in [2.75, 3.05) is 36.5 Å². The van der Waals surface area contributed by atoms with Crippen LogP contribution in [-0.2, 0) is 4.74 Å². The minimum atomic E-state index is -0.134. The molecule has 0 unspecified atom stereocenters. The zero-order chi connectivity index (χ0) is 16.4. The van der Waals surface area contributed by atoms with Crippen molar-refractivity contribution < 1.29 is 9.53 Å². The van der Waals surface area contributed by atoms with Crippen molar-refractivity contribution in [1.29, 1.82) is 0 Å². The molecule has 2 aromatic carbocycles. The van der Waals surface area contributed by atoms with Crippen LogP contribution in [0.15, 0.2) is 48.8 Å². The van der Waals surface area contributed by atoms with E-state index in [0.29, 0.717) is 5.56 Å². The molecular weight excluding hydrogens is 304 g/mol. The molecule has 1 aliphatic rings. The Morgan fingerprint density at radius 2 is 2.04 bits per heavy atom. The predicted molar refractivity (Wildman–Crippen MR) is 93.5 cm³/mol. The lowest BCUT2D eigenvalue weighted by Crippen LogP contribution is -2.36. The number of carbonyl (C=O) groups is 1. The Labute approximate surface area is 139 Å². The Balaban J connectivity index is 1.52. The second kappa shape index (κ2) is 6.33. The summed E-state index contributed by atoms with van der Waals surface area (Å²) in [6.45, 7) is 3.21. The van der Waals surface area contributed by atoms with Gasteiger partial charge in [0.1, 0.15) is 0 Å². The lowest BCUT2D eigenvalue weighted by molar-refractivity contribution is 0.102. The van der Waals surface area contributed by atoms with Crippen molar-refractivity contribution in [2.24, 2.45) is 0 Å². The second-order valence-corrected chi connectivity index (χ2v) is 5.74. The van der Waals surface area contributed by atoms with Gasteiger partial charge in [0, 0.05) is 30.0 Å². The number of fused-ring (bicyclic) bond motifs is 1. The first kappa shape index (κ1) is 14.7. The van der Waals surface area contributed by atoms with E-state index < -0.39 is 0 Å². The maximum atomic E-state index is 12.5. The Bertz CT molecular complexity index is 868. The van der Waals surface area contributed by atoms with Crippen LogP contribution in [0.2, 0.25) is 0 Å². The van der Waals surface area contributed by atoms with Gasteiger partial charge in [0.15, 0.2) is 0 Å². The number of anilines is 2. The molecule has 1 amide bonds. The number of hydrogen-bond donors (Lipinski definition) is 2. The number of morpholine rings is 1. The van der Waals surface area contributed by atoms with Gasteiger partial charge in [0.25, 0.3) is 5.91 Å². The molecule has 0 spiro atoms. The van der Waals surface area contributed by atoms with Crippen molar-refractivity contribution >= 4 is 28.3 Å². The molecule has 0 saturated carbocycles. The smallest absolute Gasteiger partial charge is 0.255 e. The molecule has 1 saturated heterocycles. The van der Waals surface area contributed by atoms with E-state index in [1.807, 2.05) is 30.3 Å². The second-order valence-electron chi connectivity index (χ2n) is 5.74. The Hall–Kier alpha value is -2.86. The molecule has 1 aromatic heterocycles. The van der Waals surface area contributed by atoms with Crippen LogP contribution in [-0.4, -0.2) is 42.2 Å². The minimum Gasteiger partial charge on any atom is -0.378 e. The highest BCUT2D eigenvalue weighted by Crippen LogP contribution is 2.21. The largest absolute Gasteiger partial charge is 0.378 e. The summed E-state index contributed by atoms with van der Waals surface area (Å²) >= 11 is 0. The number of H-pyrrole nitrogens is 1. The monoisotopic (exact) mass is 322 g/mol. The number of nitrogens with zero attached hydrogens (tertiary/aromatic N) is 2. The molecule has 6 heteroatoms. The van der Waals surface area contributed by atoms with Crippen LogP contribution in [0.25, 0.3) is 11.0 Å². The van der Waals surface area contributed by atoms with E-state index in [-0.39, 0.29) is 5.91 Å². The van der Waals surface area contributed by atoms with E-state index in [0.717, 1.165) is 48.7 Å². The summed E-state index contributed by atoms with van der Waals surface area (Å²) in [5, 5.41) is 2.96. The van der Waals surface area contributed by atoms with Crippen LogP contribution in [0.3, 0.4) is 0 Å². The number of aromatic amines is 1. The van der Waals surface area contributed by atoms with E-state index in [1.54, 1.807) is 12.4 Å². The first-order valence-corrected chi connectivity index (χ1v) is 7.97. The van der Waals surface area contributed by atoms with Gasteiger partial charge in [-0.2, -0.15) is 0 Å². The van der Waals surface area contributed by atoms with Gasteiger partial charge in [-0.15, -0.1) is 0 Å². The highest BCUT2D eigenvalue weighted by atomic mass is 16.5. The third-order valence-electron chi connectivity index (χ3n) is 4.16. The maximum absolute atomic E-state index is 12.5. The lowest BCUT2D eigenvalue weighted by Gasteiger charge is -2.29. The maximum Gasteiger partial charge on any atom is 0.255 e. The van der Waals surface area contributed by atoms with Crippen LogP contribution < -0.4 is 10.2 Å². The molecule has 6 nitrogen and oxygen atoms in total. The average molecular weight is 322 g/mol. The Morgan fingerprint density at radius 3 is 2.92 bits per heavy atom. The number of ether oxygens (including phenoxy) is 1. The van der Waals surface area contributed by atoms with E-state index in [4.69, 9.17) is 4.74 Å². The van der Waals surface area contributed by atoms with Gasteiger partial charge >= 0.3 is 0 Å². The molecule has 24 heavy (non-hydrogen) atoms. The van der Waals surface area contributed by atoms with Crippen LogP contribution in [0, 0.1) is 0 Å². The summed E-state index contributed by atoms with van der Waals surface area (Å²) in [7, 11) is 0. The molecule has 1 aliphatic heterocycles. The predicted octanol–water partition coefficient (Wildman–Crippen LogP) is 2.65. The number of rotatable bonds is 3. The zero-order valence-electron chi connectivity index (χ0n) is 13.2. The van der Waals surface area contributed by atoms with Gasteiger partial charge in [-0.1, -0.05) is 6.07 Å². The first-order chi connectivity index (χ1) is 11.8.